The van der Waals surface area contributed by atoms with Gasteiger partial charge in [-0.2, -0.15) is 5.10 Å². The molecule has 3 aromatic rings. The van der Waals surface area contributed by atoms with Crippen molar-refractivity contribution in [1.29, 1.82) is 0 Å². The summed E-state index contributed by atoms with van der Waals surface area (Å²) in [5.74, 6) is -0.105. The number of aromatic carboxylic acids is 1. The number of unbranched alkanes of at least 4 members (excludes halogenated alkanes) is 5. The summed E-state index contributed by atoms with van der Waals surface area (Å²) in [7, 11) is 0. The molecule has 6 nitrogen and oxygen atoms in total. The summed E-state index contributed by atoms with van der Waals surface area (Å²) in [6.07, 6.45) is 7.98. The zero-order chi connectivity index (χ0) is 23.8. The van der Waals surface area contributed by atoms with E-state index in [1.165, 1.54) is 25.7 Å². The van der Waals surface area contributed by atoms with Gasteiger partial charge in [-0.05, 0) is 43.0 Å². The van der Waals surface area contributed by atoms with Gasteiger partial charge in [0.15, 0.2) is 0 Å². The second kappa shape index (κ2) is 11.6. The highest BCUT2D eigenvalue weighted by Gasteiger charge is 2.16. The predicted octanol–water partition coefficient (Wildman–Crippen LogP) is 5.94. The lowest BCUT2D eigenvalue weighted by atomic mass is 9.99. The first-order chi connectivity index (χ1) is 15.9. The van der Waals surface area contributed by atoms with Crippen LogP contribution in [-0.2, 0) is 13.0 Å². The first-order valence-electron chi connectivity index (χ1n) is 12.0. The Bertz CT molecular complexity index is 1110. The summed E-state index contributed by atoms with van der Waals surface area (Å²) in [5.41, 5.74) is 2.72. The standard InChI is InChI=1S/C27H35N3O3/c1-4-5-6-7-8-9-14-25-28-30(20(2)3)27(33)29(25)19-21-15-17-22(18-16-21)23-12-10-11-13-24(23)26(31)32/h10-13,15-18,20H,4-9,14,19H2,1-3H3,(H,31,32). The molecule has 0 saturated heterocycles. The molecule has 0 aliphatic rings. The van der Waals surface area contributed by atoms with Crippen LogP contribution in [0.15, 0.2) is 53.3 Å². The van der Waals surface area contributed by atoms with Gasteiger partial charge in [-0.1, -0.05) is 81.5 Å². The van der Waals surface area contributed by atoms with Crippen LogP contribution >= 0.6 is 0 Å². The minimum absolute atomic E-state index is 0.0111. The normalized spacial score (nSPS) is 11.3. The molecule has 0 atom stereocenters. The monoisotopic (exact) mass is 449 g/mol. The number of aromatic nitrogens is 3. The molecule has 0 aliphatic heterocycles. The molecule has 0 aliphatic carbocycles. The van der Waals surface area contributed by atoms with E-state index in [0.29, 0.717) is 12.1 Å². The minimum Gasteiger partial charge on any atom is -0.478 e. The van der Waals surface area contributed by atoms with Crippen LogP contribution in [-0.4, -0.2) is 25.4 Å². The molecule has 0 fully saturated rings. The van der Waals surface area contributed by atoms with Gasteiger partial charge >= 0.3 is 11.7 Å². The van der Waals surface area contributed by atoms with E-state index >= 15 is 0 Å². The van der Waals surface area contributed by atoms with Crippen LogP contribution in [0.3, 0.4) is 0 Å². The summed E-state index contributed by atoms with van der Waals surface area (Å²) >= 11 is 0. The number of carboxylic acid groups (broad SMARTS) is 1. The second-order valence-corrected chi connectivity index (χ2v) is 8.89. The summed E-state index contributed by atoms with van der Waals surface area (Å²) < 4.78 is 3.36. The van der Waals surface area contributed by atoms with Crippen LogP contribution < -0.4 is 5.69 Å². The summed E-state index contributed by atoms with van der Waals surface area (Å²) in [6.45, 7) is 6.62. The molecule has 0 unspecified atom stereocenters. The molecular formula is C27H35N3O3. The summed E-state index contributed by atoms with van der Waals surface area (Å²) in [5, 5.41) is 14.1. The number of nitrogens with zero attached hydrogens (tertiary/aromatic N) is 3. The minimum atomic E-state index is -0.943. The van der Waals surface area contributed by atoms with E-state index in [0.717, 1.165) is 36.2 Å². The van der Waals surface area contributed by atoms with Crippen LogP contribution in [0.1, 0.15) is 87.1 Å². The van der Waals surface area contributed by atoms with Crippen molar-refractivity contribution in [2.75, 3.05) is 0 Å². The van der Waals surface area contributed by atoms with Crippen molar-refractivity contribution < 1.29 is 9.90 Å². The number of hydrogen-bond donors (Lipinski definition) is 1. The number of benzene rings is 2. The fourth-order valence-electron chi connectivity index (χ4n) is 4.09. The molecular weight excluding hydrogens is 414 g/mol. The van der Waals surface area contributed by atoms with Crippen LogP contribution in [0.25, 0.3) is 11.1 Å². The fourth-order valence-corrected chi connectivity index (χ4v) is 4.09. The Morgan fingerprint density at radius 3 is 2.30 bits per heavy atom. The highest BCUT2D eigenvalue weighted by Crippen LogP contribution is 2.24. The molecule has 0 bridgehead atoms. The van der Waals surface area contributed by atoms with Crippen molar-refractivity contribution in [1.82, 2.24) is 14.3 Å². The number of hydrogen-bond acceptors (Lipinski definition) is 3. The largest absolute Gasteiger partial charge is 0.478 e. The van der Waals surface area contributed by atoms with Crippen LogP contribution in [0.5, 0.6) is 0 Å². The van der Waals surface area contributed by atoms with Crippen LogP contribution in [0, 0.1) is 0 Å². The van der Waals surface area contributed by atoms with Gasteiger partial charge in [0.1, 0.15) is 5.82 Å². The molecule has 1 N–H and O–H groups in total. The average molecular weight is 450 g/mol. The van der Waals surface area contributed by atoms with Crippen LogP contribution in [0.2, 0.25) is 0 Å². The third kappa shape index (κ3) is 6.21. The van der Waals surface area contributed by atoms with Gasteiger partial charge in [-0.15, -0.1) is 0 Å². The van der Waals surface area contributed by atoms with Crippen molar-refractivity contribution in [3.63, 3.8) is 0 Å². The zero-order valence-electron chi connectivity index (χ0n) is 20.0. The van der Waals surface area contributed by atoms with Crippen molar-refractivity contribution in [3.8, 4) is 11.1 Å². The molecule has 6 heteroatoms. The third-order valence-corrected chi connectivity index (χ3v) is 5.97. The maximum absolute atomic E-state index is 13.0. The average Bonchev–Trinajstić information content (AvgIpc) is 3.12. The Morgan fingerprint density at radius 1 is 0.970 bits per heavy atom. The number of rotatable bonds is 12. The van der Waals surface area contributed by atoms with Crippen LogP contribution in [0.4, 0.5) is 0 Å². The van der Waals surface area contributed by atoms with Gasteiger partial charge in [0.05, 0.1) is 18.2 Å². The SMILES string of the molecule is CCCCCCCCc1nn(C(C)C)c(=O)n1Cc1ccc(-c2ccccc2C(=O)O)cc1. The maximum atomic E-state index is 13.0. The van der Waals surface area contributed by atoms with Gasteiger partial charge in [-0.25, -0.2) is 14.3 Å². The Morgan fingerprint density at radius 2 is 1.64 bits per heavy atom. The number of carboxylic acids is 1. The van der Waals surface area contributed by atoms with Gasteiger partial charge in [0, 0.05) is 6.42 Å². The van der Waals surface area contributed by atoms with E-state index in [1.54, 1.807) is 21.4 Å². The molecule has 0 amide bonds. The first kappa shape index (κ1) is 24.5. The zero-order valence-corrected chi connectivity index (χ0v) is 20.0. The van der Waals surface area contributed by atoms with Gasteiger partial charge in [0.25, 0.3) is 0 Å². The van der Waals surface area contributed by atoms with E-state index in [1.807, 2.05) is 50.2 Å². The number of carbonyl (C=O) groups is 1. The molecule has 2 aromatic carbocycles. The Balaban J connectivity index is 1.78. The highest BCUT2D eigenvalue weighted by molar-refractivity contribution is 5.95. The van der Waals surface area contributed by atoms with E-state index in [2.05, 4.69) is 12.0 Å². The second-order valence-electron chi connectivity index (χ2n) is 8.89. The molecule has 3 rings (SSSR count). The quantitative estimate of drug-likeness (QED) is 0.347. The maximum Gasteiger partial charge on any atom is 0.346 e. The summed E-state index contributed by atoms with van der Waals surface area (Å²) in [4.78, 5) is 24.6. The van der Waals surface area contributed by atoms with Gasteiger partial charge in [-0.3, -0.25) is 4.57 Å². The topological polar surface area (TPSA) is 77.1 Å². The molecule has 1 aromatic heterocycles. The van der Waals surface area contributed by atoms with Crippen molar-refractivity contribution in [2.45, 2.75) is 78.3 Å². The van der Waals surface area contributed by atoms with Crippen molar-refractivity contribution in [2.24, 2.45) is 0 Å². The molecule has 1 heterocycles. The highest BCUT2D eigenvalue weighted by atomic mass is 16.4. The lowest BCUT2D eigenvalue weighted by molar-refractivity contribution is 0.0697. The lowest BCUT2D eigenvalue weighted by Gasteiger charge is -2.09. The van der Waals surface area contributed by atoms with E-state index < -0.39 is 5.97 Å². The van der Waals surface area contributed by atoms with E-state index in [4.69, 9.17) is 0 Å². The van der Waals surface area contributed by atoms with E-state index in [-0.39, 0.29) is 17.3 Å². The third-order valence-electron chi connectivity index (χ3n) is 5.97. The fraction of sp³-hybridized carbons (Fsp3) is 0.444. The van der Waals surface area contributed by atoms with Crippen molar-refractivity contribution >= 4 is 5.97 Å². The number of aryl methyl sites for hydroxylation is 1. The summed E-state index contributed by atoms with van der Waals surface area (Å²) in [6, 6.07) is 14.8. The molecule has 33 heavy (non-hydrogen) atoms. The first-order valence-corrected chi connectivity index (χ1v) is 12.0. The molecule has 0 radical (unpaired) electrons. The Kier molecular flexibility index (Phi) is 8.64. The van der Waals surface area contributed by atoms with E-state index in [9.17, 15) is 14.7 Å². The molecule has 176 valence electrons. The predicted molar refractivity (Wildman–Crippen MR) is 132 cm³/mol. The smallest absolute Gasteiger partial charge is 0.346 e. The Labute approximate surface area is 195 Å². The van der Waals surface area contributed by atoms with Gasteiger partial charge < -0.3 is 5.11 Å². The van der Waals surface area contributed by atoms with Crippen molar-refractivity contribution in [3.05, 3.63) is 76.0 Å². The van der Waals surface area contributed by atoms with Gasteiger partial charge in [0.2, 0.25) is 0 Å². The Hall–Kier alpha value is -3.15. The molecule has 0 saturated carbocycles. The molecule has 0 spiro atoms. The lowest BCUT2D eigenvalue weighted by Crippen LogP contribution is -2.27.